The summed E-state index contributed by atoms with van der Waals surface area (Å²) in [5, 5.41) is 0. The summed E-state index contributed by atoms with van der Waals surface area (Å²) in [5.74, 6) is 0.484. The topological polar surface area (TPSA) is 81.6 Å². The number of nitrogens with zero attached hydrogens (tertiary/aromatic N) is 3. The lowest BCUT2D eigenvalue weighted by Gasteiger charge is -2.51. The molecule has 26 heavy (non-hydrogen) atoms. The van der Waals surface area contributed by atoms with E-state index >= 15 is 0 Å². The largest absolute Gasteiger partial charge is 0.473 e. The summed E-state index contributed by atoms with van der Waals surface area (Å²) >= 11 is 0. The molecule has 2 saturated heterocycles. The van der Waals surface area contributed by atoms with Crippen LogP contribution in [0.4, 0.5) is 0 Å². The van der Waals surface area contributed by atoms with Crippen molar-refractivity contribution in [2.75, 3.05) is 19.7 Å². The first-order valence-electron chi connectivity index (χ1n) is 8.60. The summed E-state index contributed by atoms with van der Waals surface area (Å²) in [4.78, 5) is 8.45. The minimum absolute atomic E-state index is 0.0512. The Morgan fingerprint density at radius 1 is 1.23 bits per heavy atom. The zero-order valence-electron chi connectivity index (χ0n) is 14.5. The number of aromatic nitrogens is 2. The van der Waals surface area contributed by atoms with Gasteiger partial charge in [0.15, 0.2) is 0 Å². The van der Waals surface area contributed by atoms with Crippen LogP contribution in [0.5, 0.6) is 5.88 Å². The summed E-state index contributed by atoms with van der Waals surface area (Å²) in [6.45, 7) is 3.18. The molecule has 3 heterocycles. The minimum atomic E-state index is -3.48. The number of ether oxygens (including phenoxy) is 2. The number of aryl methyl sites for hydroxylation is 1. The predicted octanol–water partition coefficient (Wildman–Crippen LogP) is 1.79. The zero-order valence-corrected chi connectivity index (χ0v) is 15.4. The van der Waals surface area contributed by atoms with Crippen LogP contribution in [0.3, 0.4) is 0 Å². The molecule has 138 valence electrons. The van der Waals surface area contributed by atoms with E-state index in [-0.39, 0.29) is 6.10 Å². The molecule has 1 aromatic heterocycles. The Balaban J connectivity index is 1.41. The lowest BCUT2D eigenvalue weighted by molar-refractivity contribution is -0.165. The highest BCUT2D eigenvalue weighted by Crippen LogP contribution is 2.38. The van der Waals surface area contributed by atoms with Crippen molar-refractivity contribution in [2.45, 2.75) is 36.4 Å². The second-order valence-electron chi connectivity index (χ2n) is 6.89. The molecule has 1 aromatic carbocycles. The third-order valence-electron chi connectivity index (χ3n) is 4.86. The maximum absolute atomic E-state index is 12.7. The van der Waals surface area contributed by atoms with Gasteiger partial charge in [0.1, 0.15) is 6.10 Å². The van der Waals surface area contributed by atoms with E-state index in [4.69, 9.17) is 9.47 Å². The van der Waals surface area contributed by atoms with Crippen molar-refractivity contribution >= 4 is 10.0 Å². The average molecular weight is 375 g/mol. The molecule has 0 bridgehead atoms. The smallest absolute Gasteiger partial charge is 0.243 e. The van der Waals surface area contributed by atoms with Crippen molar-refractivity contribution in [3.8, 4) is 5.88 Å². The fourth-order valence-electron chi connectivity index (χ4n) is 3.45. The third-order valence-corrected chi connectivity index (χ3v) is 6.67. The van der Waals surface area contributed by atoms with Crippen molar-refractivity contribution in [1.82, 2.24) is 14.3 Å². The average Bonchev–Trinajstić information content (AvgIpc) is 2.61. The van der Waals surface area contributed by atoms with Crippen LogP contribution in [0.2, 0.25) is 0 Å². The van der Waals surface area contributed by atoms with Gasteiger partial charge in [-0.3, -0.25) is 4.98 Å². The van der Waals surface area contributed by atoms with E-state index in [0.29, 0.717) is 36.9 Å². The SMILES string of the molecule is Cc1ccc(S(=O)(=O)N2CC3(C[C@@H](Oc4cnccn4)CCO3)C2)cc1. The summed E-state index contributed by atoms with van der Waals surface area (Å²) < 4.78 is 38.8. The second kappa shape index (κ2) is 6.61. The number of rotatable bonds is 4. The Morgan fingerprint density at radius 2 is 2.00 bits per heavy atom. The lowest BCUT2D eigenvalue weighted by Crippen LogP contribution is -2.67. The molecule has 0 N–H and O–H groups in total. The highest BCUT2D eigenvalue weighted by molar-refractivity contribution is 7.89. The fraction of sp³-hybridized carbons (Fsp3) is 0.444. The molecule has 7 nitrogen and oxygen atoms in total. The molecule has 2 aliphatic rings. The van der Waals surface area contributed by atoms with Crippen LogP contribution in [0.15, 0.2) is 47.8 Å². The van der Waals surface area contributed by atoms with Crippen LogP contribution in [0.25, 0.3) is 0 Å². The van der Waals surface area contributed by atoms with Crippen LogP contribution in [-0.4, -0.2) is 54.1 Å². The van der Waals surface area contributed by atoms with E-state index in [9.17, 15) is 8.42 Å². The quantitative estimate of drug-likeness (QED) is 0.810. The van der Waals surface area contributed by atoms with Crippen molar-refractivity contribution in [1.29, 1.82) is 0 Å². The molecule has 0 amide bonds. The number of hydrogen-bond acceptors (Lipinski definition) is 6. The van der Waals surface area contributed by atoms with Gasteiger partial charge in [0.25, 0.3) is 0 Å². The summed E-state index contributed by atoms with van der Waals surface area (Å²) in [6.07, 6.45) is 6.11. The number of hydrogen-bond donors (Lipinski definition) is 0. The van der Waals surface area contributed by atoms with Crippen LogP contribution >= 0.6 is 0 Å². The first-order valence-corrected chi connectivity index (χ1v) is 10.0. The van der Waals surface area contributed by atoms with Gasteiger partial charge in [-0.05, 0) is 19.1 Å². The maximum Gasteiger partial charge on any atom is 0.243 e. The number of benzene rings is 1. The van der Waals surface area contributed by atoms with Crippen LogP contribution in [0, 0.1) is 6.92 Å². The molecule has 1 atom stereocenters. The monoisotopic (exact) mass is 375 g/mol. The van der Waals surface area contributed by atoms with Crippen LogP contribution in [-0.2, 0) is 14.8 Å². The highest BCUT2D eigenvalue weighted by atomic mass is 32.2. The standard InChI is InChI=1S/C18H21N3O4S/c1-14-2-4-16(5-3-14)26(22,23)21-12-18(13-21)10-15(6-9-24-18)25-17-11-19-7-8-20-17/h2-5,7-8,11,15H,6,9-10,12-13H2,1H3/t15-/m0/s1. The lowest BCUT2D eigenvalue weighted by atomic mass is 9.86. The van der Waals surface area contributed by atoms with E-state index in [1.54, 1.807) is 30.7 Å². The summed E-state index contributed by atoms with van der Waals surface area (Å²) in [7, 11) is -3.48. The van der Waals surface area contributed by atoms with Gasteiger partial charge in [-0.1, -0.05) is 17.7 Å². The van der Waals surface area contributed by atoms with Crippen molar-refractivity contribution in [3.63, 3.8) is 0 Å². The van der Waals surface area contributed by atoms with E-state index in [1.165, 1.54) is 4.31 Å². The molecule has 4 rings (SSSR count). The first-order chi connectivity index (χ1) is 12.5. The van der Waals surface area contributed by atoms with Gasteiger partial charge >= 0.3 is 0 Å². The maximum atomic E-state index is 12.7. The Bertz CT molecular complexity index is 865. The van der Waals surface area contributed by atoms with E-state index < -0.39 is 15.6 Å². The zero-order chi connectivity index (χ0) is 18.2. The molecule has 0 saturated carbocycles. The van der Waals surface area contributed by atoms with Gasteiger partial charge in [-0.25, -0.2) is 13.4 Å². The molecule has 0 radical (unpaired) electrons. The molecular formula is C18H21N3O4S. The van der Waals surface area contributed by atoms with Gasteiger partial charge in [0.2, 0.25) is 15.9 Å². The van der Waals surface area contributed by atoms with Crippen LogP contribution in [0.1, 0.15) is 18.4 Å². The van der Waals surface area contributed by atoms with E-state index in [0.717, 1.165) is 12.0 Å². The third kappa shape index (κ3) is 3.32. The summed E-state index contributed by atoms with van der Waals surface area (Å²) in [5.41, 5.74) is 0.562. The predicted molar refractivity (Wildman–Crippen MR) is 94.3 cm³/mol. The van der Waals surface area contributed by atoms with Crippen molar-refractivity contribution < 1.29 is 17.9 Å². The molecule has 2 aliphatic heterocycles. The molecule has 0 unspecified atom stereocenters. The van der Waals surface area contributed by atoms with Gasteiger partial charge in [0, 0.05) is 38.3 Å². The van der Waals surface area contributed by atoms with Crippen molar-refractivity contribution in [3.05, 3.63) is 48.4 Å². The van der Waals surface area contributed by atoms with Gasteiger partial charge < -0.3 is 9.47 Å². The Kier molecular flexibility index (Phi) is 4.42. The van der Waals surface area contributed by atoms with E-state index in [1.807, 2.05) is 19.1 Å². The molecule has 2 aromatic rings. The highest BCUT2D eigenvalue weighted by Gasteiger charge is 2.52. The normalized spacial score (nSPS) is 22.7. The number of sulfonamides is 1. The van der Waals surface area contributed by atoms with Gasteiger partial charge in [-0.2, -0.15) is 4.31 Å². The van der Waals surface area contributed by atoms with Gasteiger partial charge in [0.05, 0.1) is 23.3 Å². The molecule has 0 aliphatic carbocycles. The second-order valence-corrected chi connectivity index (χ2v) is 8.83. The van der Waals surface area contributed by atoms with Gasteiger partial charge in [-0.15, -0.1) is 0 Å². The minimum Gasteiger partial charge on any atom is -0.473 e. The Labute approximate surface area is 153 Å². The first kappa shape index (κ1) is 17.4. The Hall–Kier alpha value is -2.03. The molecule has 1 spiro atoms. The molecule has 2 fully saturated rings. The summed E-state index contributed by atoms with van der Waals surface area (Å²) in [6, 6.07) is 6.92. The molecular weight excluding hydrogens is 354 g/mol. The van der Waals surface area contributed by atoms with E-state index in [2.05, 4.69) is 9.97 Å². The fourth-order valence-corrected chi connectivity index (χ4v) is 5.04. The Morgan fingerprint density at radius 3 is 2.69 bits per heavy atom. The molecule has 8 heteroatoms. The van der Waals surface area contributed by atoms with Crippen LogP contribution < -0.4 is 4.74 Å². The van der Waals surface area contributed by atoms with Crippen molar-refractivity contribution in [2.24, 2.45) is 0 Å².